The lowest BCUT2D eigenvalue weighted by molar-refractivity contribution is -0.143. The molecule has 0 bridgehead atoms. The molecule has 2 aliphatic rings. The highest BCUT2D eigenvalue weighted by Gasteiger charge is 2.30. The molecule has 0 aromatic heterocycles. The quantitative estimate of drug-likeness (QED) is 0.199. The number of allylic oxidation sites excluding steroid dienone is 4. The van der Waals surface area contributed by atoms with Gasteiger partial charge in [-0.05, 0) is 19.4 Å². The second-order valence-corrected chi connectivity index (χ2v) is 7.90. The minimum Gasteiger partial charge on any atom is -0.499 e. The zero-order valence-corrected chi connectivity index (χ0v) is 24.7. The van der Waals surface area contributed by atoms with Gasteiger partial charge in [0, 0.05) is 56.3 Å². The number of piperazine rings is 1. The van der Waals surface area contributed by atoms with Crippen molar-refractivity contribution in [3.63, 3.8) is 0 Å². The molecular formula is C30H46N6O3. The Bertz CT molecular complexity index is 1040. The molecule has 0 saturated carbocycles. The standard InChI is InChI=1S/C26H34N6O3.2C2H6/c1-7-10-20(8-2)19(5)31-11-13-32(14-12-31)26(34)24(33)21-15-22(35-6)17-30-23(18(4)29-16-21)25(27)28-9-3;2*1-2/h7-10,16-18,27,29H,1-2,5,11-15H2,3-4,6H3;2*1-2H3/b20-10+,21-16+,22-17+,27-25?,28-9?,30-23?;;. The minimum atomic E-state index is -0.608. The van der Waals surface area contributed by atoms with Crippen molar-refractivity contribution in [1.82, 2.24) is 15.1 Å². The van der Waals surface area contributed by atoms with Gasteiger partial charge >= 0.3 is 0 Å². The first-order valence-corrected chi connectivity index (χ1v) is 13.3. The Labute approximate surface area is 234 Å². The van der Waals surface area contributed by atoms with E-state index >= 15 is 0 Å². The van der Waals surface area contributed by atoms with Gasteiger partial charge in [0.1, 0.15) is 11.5 Å². The van der Waals surface area contributed by atoms with E-state index in [2.05, 4.69) is 39.9 Å². The van der Waals surface area contributed by atoms with E-state index in [1.807, 2.05) is 33.8 Å². The molecule has 2 N–H and O–H groups in total. The molecular weight excluding hydrogens is 492 g/mol. The van der Waals surface area contributed by atoms with E-state index in [4.69, 9.17) is 10.1 Å². The molecule has 1 unspecified atom stereocenters. The summed E-state index contributed by atoms with van der Waals surface area (Å²) < 4.78 is 5.37. The molecule has 9 nitrogen and oxygen atoms in total. The van der Waals surface area contributed by atoms with Gasteiger partial charge in [-0.15, -0.1) is 0 Å². The predicted molar refractivity (Wildman–Crippen MR) is 163 cm³/mol. The van der Waals surface area contributed by atoms with Crippen molar-refractivity contribution < 1.29 is 14.3 Å². The van der Waals surface area contributed by atoms with Gasteiger partial charge in [-0.1, -0.05) is 65.7 Å². The zero-order chi connectivity index (χ0) is 30.0. The fourth-order valence-corrected chi connectivity index (χ4v) is 3.63. The van der Waals surface area contributed by atoms with E-state index in [1.54, 1.807) is 30.9 Å². The lowest BCUT2D eigenvalue weighted by Crippen LogP contribution is -2.50. The average molecular weight is 539 g/mol. The highest BCUT2D eigenvalue weighted by Crippen LogP contribution is 2.19. The summed E-state index contributed by atoms with van der Waals surface area (Å²) in [5.74, 6) is -0.782. The van der Waals surface area contributed by atoms with Crippen LogP contribution in [-0.4, -0.2) is 78.6 Å². The Morgan fingerprint density at radius 1 is 1.15 bits per heavy atom. The maximum atomic E-state index is 13.2. The van der Waals surface area contributed by atoms with Crippen LogP contribution in [0.4, 0.5) is 0 Å². The second kappa shape index (κ2) is 19.1. The molecule has 214 valence electrons. The van der Waals surface area contributed by atoms with Crippen LogP contribution in [0.3, 0.4) is 0 Å². The number of aliphatic imine (C=N–C) groups is 2. The number of ketones is 1. The van der Waals surface area contributed by atoms with Crippen LogP contribution in [0, 0.1) is 5.41 Å². The van der Waals surface area contributed by atoms with Crippen LogP contribution in [0.5, 0.6) is 0 Å². The third kappa shape index (κ3) is 10.3. The highest BCUT2D eigenvalue weighted by molar-refractivity contribution is 6.44. The largest absolute Gasteiger partial charge is 0.499 e. The van der Waals surface area contributed by atoms with Gasteiger partial charge in [-0.2, -0.15) is 0 Å². The number of amides is 1. The summed E-state index contributed by atoms with van der Waals surface area (Å²) in [7, 11) is 1.47. The maximum absolute atomic E-state index is 13.2. The Morgan fingerprint density at radius 3 is 2.26 bits per heavy atom. The second-order valence-electron chi connectivity index (χ2n) is 7.90. The number of Topliss-reactive ketones (excluding diaryl/α,β-unsaturated/α-hetero) is 1. The number of nitrogens with one attached hydrogen (secondary N) is 2. The number of rotatable bonds is 8. The topological polar surface area (TPSA) is 110 Å². The van der Waals surface area contributed by atoms with Gasteiger partial charge in [0.25, 0.3) is 5.91 Å². The van der Waals surface area contributed by atoms with Gasteiger partial charge in [0.2, 0.25) is 5.78 Å². The maximum Gasteiger partial charge on any atom is 0.294 e. The Morgan fingerprint density at radius 2 is 1.74 bits per heavy atom. The minimum absolute atomic E-state index is 0.000428. The third-order valence-corrected chi connectivity index (χ3v) is 5.68. The Kier molecular flexibility index (Phi) is 17.2. The summed E-state index contributed by atoms with van der Waals surface area (Å²) >= 11 is 0. The Balaban J connectivity index is 0.00000344. The summed E-state index contributed by atoms with van der Waals surface area (Å²) in [5, 5.41) is 11.2. The average Bonchev–Trinajstić information content (AvgIpc) is 3.06. The molecule has 0 spiro atoms. The van der Waals surface area contributed by atoms with Gasteiger partial charge in [0.15, 0.2) is 5.84 Å². The number of nitrogens with zero attached hydrogens (tertiary/aromatic N) is 4. The molecule has 1 atom stereocenters. The van der Waals surface area contributed by atoms with Crippen molar-refractivity contribution in [2.45, 2.75) is 54.0 Å². The van der Waals surface area contributed by atoms with Crippen LogP contribution in [-0.2, 0) is 14.3 Å². The lowest BCUT2D eigenvalue weighted by atomic mass is 10.1. The molecule has 0 aliphatic carbocycles. The SMILES string of the molecule is C=C/C=C(\C=C)C(=C)N1CCN(C(=O)C(=O)/C2=C/NC(C)C(C(=N)N=CC)=N/C=C(/OC)C2)CC1.CC.CC. The first-order valence-electron chi connectivity index (χ1n) is 13.3. The van der Waals surface area contributed by atoms with Gasteiger partial charge in [-0.3, -0.25) is 20.0 Å². The van der Waals surface area contributed by atoms with Crippen molar-refractivity contribution in [2.24, 2.45) is 9.98 Å². The van der Waals surface area contributed by atoms with Crippen LogP contribution in [0.25, 0.3) is 0 Å². The van der Waals surface area contributed by atoms with Gasteiger partial charge in [0.05, 0.1) is 19.4 Å². The molecule has 2 aliphatic heterocycles. The summed E-state index contributed by atoms with van der Waals surface area (Å²) in [6, 6.07) is -0.409. The molecule has 0 aromatic carbocycles. The van der Waals surface area contributed by atoms with Crippen LogP contribution in [0.1, 0.15) is 48.0 Å². The number of hydrogen-bond donors (Lipinski definition) is 2. The number of carbonyl (C=O) groups is 2. The van der Waals surface area contributed by atoms with E-state index in [0.717, 1.165) is 11.3 Å². The fraction of sp³-hybridized carbons (Fsp3) is 0.433. The van der Waals surface area contributed by atoms with Crippen molar-refractivity contribution in [2.75, 3.05) is 33.3 Å². The molecule has 2 heterocycles. The first kappa shape index (κ1) is 35.0. The van der Waals surface area contributed by atoms with Crippen LogP contribution in [0.15, 0.2) is 83.0 Å². The van der Waals surface area contributed by atoms with E-state index in [-0.39, 0.29) is 17.8 Å². The van der Waals surface area contributed by atoms with Gasteiger partial charge in [-0.25, -0.2) is 4.99 Å². The molecule has 1 fully saturated rings. The van der Waals surface area contributed by atoms with Crippen molar-refractivity contribution in [3.8, 4) is 0 Å². The van der Waals surface area contributed by atoms with Crippen LogP contribution < -0.4 is 5.32 Å². The summed E-state index contributed by atoms with van der Waals surface area (Å²) in [4.78, 5) is 38.2. The smallest absolute Gasteiger partial charge is 0.294 e. The third-order valence-electron chi connectivity index (χ3n) is 5.68. The molecule has 1 saturated heterocycles. The number of hydrogen-bond acceptors (Lipinski definition) is 7. The van der Waals surface area contributed by atoms with E-state index in [0.29, 0.717) is 37.6 Å². The van der Waals surface area contributed by atoms with Crippen LogP contribution in [0.2, 0.25) is 0 Å². The monoisotopic (exact) mass is 538 g/mol. The summed E-state index contributed by atoms with van der Waals surface area (Å²) in [5.41, 5.74) is 2.31. The number of amidine groups is 1. The van der Waals surface area contributed by atoms with Crippen molar-refractivity contribution >= 4 is 29.5 Å². The fourth-order valence-electron chi connectivity index (χ4n) is 3.63. The highest BCUT2D eigenvalue weighted by atomic mass is 16.5. The molecule has 2 rings (SSSR count). The normalized spacial score (nSPS) is 20.2. The van der Waals surface area contributed by atoms with E-state index in [9.17, 15) is 9.59 Å². The van der Waals surface area contributed by atoms with Crippen LogP contribution >= 0.6 is 0 Å². The summed E-state index contributed by atoms with van der Waals surface area (Å²) in [6.45, 7) is 25.1. The molecule has 39 heavy (non-hydrogen) atoms. The first-order chi connectivity index (χ1) is 18.8. The van der Waals surface area contributed by atoms with Crippen molar-refractivity contribution in [1.29, 1.82) is 5.41 Å². The summed E-state index contributed by atoms with van der Waals surface area (Å²) in [6.07, 6.45) is 9.80. The van der Waals surface area contributed by atoms with E-state index in [1.165, 1.54) is 25.7 Å². The molecule has 1 amide bonds. The van der Waals surface area contributed by atoms with Crippen molar-refractivity contribution in [3.05, 3.63) is 73.0 Å². The zero-order valence-electron chi connectivity index (χ0n) is 24.7. The number of carbonyl (C=O) groups excluding carboxylic acids is 2. The lowest BCUT2D eigenvalue weighted by Gasteiger charge is -2.37. The Hall–Kier alpha value is -4.01. The number of ether oxygens (including phenoxy) is 1. The molecule has 9 heteroatoms. The molecule has 0 radical (unpaired) electrons. The number of methoxy groups -OCH3 is 1. The predicted octanol–water partition coefficient (Wildman–Crippen LogP) is 4.83. The van der Waals surface area contributed by atoms with E-state index < -0.39 is 17.7 Å². The van der Waals surface area contributed by atoms with Gasteiger partial charge < -0.3 is 19.9 Å². The molecule has 0 aromatic rings.